The molecular weight excluding hydrogens is 276 g/mol. The van der Waals surface area contributed by atoms with Gasteiger partial charge in [0.25, 0.3) is 0 Å². The molecule has 1 aliphatic rings. The van der Waals surface area contributed by atoms with Gasteiger partial charge in [-0.15, -0.1) is 0 Å². The molecule has 1 fully saturated rings. The largest absolute Gasteiger partial charge is 0.465 e. The zero-order chi connectivity index (χ0) is 13.8. The van der Waals surface area contributed by atoms with Crippen LogP contribution < -0.4 is 5.73 Å². The predicted molar refractivity (Wildman–Crippen MR) is 71.6 cm³/mol. The molecule has 1 atom stereocenters. The van der Waals surface area contributed by atoms with Gasteiger partial charge in [-0.2, -0.15) is 4.31 Å². The van der Waals surface area contributed by atoms with Crippen LogP contribution in [0.25, 0.3) is 0 Å². The Bertz CT molecular complexity index is 422. The van der Waals surface area contributed by atoms with Gasteiger partial charge in [0.2, 0.25) is 10.0 Å². The molecule has 1 saturated heterocycles. The predicted octanol–water partition coefficient (Wildman–Crippen LogP) is 0.0199. The van der Waals surface area contributed by atoms with Crippen LogP contribution in [0.4, 0.5) is 0 Å². The molecule has 1 heterocycles. The number of hydrogen-bond donors (Lipinski definition) is 1. The third kappa shape index (κ3) is 3.89. The average molecular weight is 294 g/mol. The van der Waals surface area contributed by atoms with Gasteiger partial charge in [0.1, 0.15) is 11.8 Å². The van der Waals surface area contributed by atoms with Gasteiger partial charge < -0.3 is 10.5 Å². The van der Waals surface area contributed by atoms with E-state index in [0.717, 1.165) is 12.8 Å². The minimum absolute atomic E-state index is 0.0943. The number of piperidine rings is 1. The first-order valence-corrected chi connectivity index (χ1v) is 7.84. The highest BCUT2D eigenvalue weighted by Gasteiger charge is 2.37. The van der Waals surface area contributed by atoms with E-state index in [0.29, 0.717) is 13.0 Å². The van der Waals surface area contributed by atoms with Crippen molar-refractivity contribution < 1.29 is 17.9 Å². The lowest BCUT2D eigenvalue weighted by Gasteiger charge is -2.32. The standard InChI is InChI=1S/C10H18N2O4S2/c1-2-16-10(13)8-5-3-4-6-12(8)18(14,15)7-9(11)17/h8H,2-7H2,1H3,(H2,11,17). The lowest BCUT2D eigenvalue weighted by Crippen LogP contribution is -2.50. The molecule has 0 aromatic heterocycles. The van der Waals surface area contributed by atoms with E-state index >= 15 is 0 Å². The smallest absolute Gasteiger partial charge is 0.324 e. The average Bonchev–Trinajstić information content (AvgIpc) is 2.27. The number of nitrogens with zero attached hydrogens (tertiary/aromatic N) is 1. The van der Waals surface area contributed by atoms with E-state index in [-0.39, 0.29) is 11.6 Å². The van der Waals surface area contributed by atoms with E-state index in [9.17, 15) is 13.2 Å². The number of thiocarbonyl (C=S) groups is 1. The van der Waals surface area contributed by atoms with E-state index in [1.165, 1.54) is 4.31 Å². The van der Waals surface area contributed by atoms with Gasteiger partial charge in [0.05, 0.1) is 11.6 Å². The number of carbonyl (C=O) groups is 1. The van der Waals surface area contributed by atoms with E-state index in [1.54, 1.807) is 6.92 Å². The van der Waals surface area contributed by atoms with Crippen molar-refractivity contribution in [3.05, 3.63) is 0 Å². The SMILES string of the molecule is CCOC(=O)C1CCCCN1S(=O)(=O)CC(N)=S. The molecule has 1 unspecified atom stereocenters. The van der Waals surface area contributed by atoms with Gasteiger partial charge in [0.15, 0.2) is 0 Å². The van der Waals surface area contributed by atoms with Crippen LogP contribution in [0.15, 0.2) is 0 Å². The number of ether oxygens (including phenoxy) is 1. The van der Waals surface area contributed by atoms with Gasteiger partial charge in [-0.05, 0) is 26.2 Å². The molecule has 2 N–H and O–H groups in total. The van der Waals surface area contributed by atoms with Crippen LogP contribution in [0.2, 0.25) is 0 Å². The third-order valence-electron chi connectivity index (χ3n) is 2.69. The number of sulfonamides is 1. The van der Waals surface area contributed by atoms with E-state index < -0.39 is 27.8 Å². The van der Waals surface area contributed by atoms with E-state index in [4.69, 9.17) is 10.5 Å². The Labute approximate surface area is 113 Å². The minimum atomic E-state index is -3.63. The first-order valence-electron chi connectivity index (χ1n) is 5.83. The highest BCUT2D eigenvalue weighted by Crippen LogP contribution is 2.21. The summed E-state index contributed by atoms with van der Waals surface area (Å²) in [5.74, 6) is -0.901. The molecule has 0 aromatic rings. The van der Waals surface area contributed by atoms with Crippen molar-refractivity contribution in [3.8, 4) is 0 Å². The summed E-state index contributed by atoms with van der Waals surface area (Å²) in [7, 11) is -3.63. The first kappa shape index (κ1) is 15.3. The highest BCUT2D eigenvalue weighted by atomic mass is 32.2. The fourth-order valence-electron chi connectivity index (χ4n) is 1.97. The van der Waals surface area contributed by atoms with Crippen LogP contribution in [0, 0.1) is 0 Å². The maximum Gasteiger partial charge on any atom is 0.324 e. The van der Waals surface area contributed by atoms with Gasteiger partial charge >= 0.3 is 5.97 Å². The van der Waals surface area contributed by atoms with Crippen molar-refractivity contribution in [1.82, 2.24) is 4.31 Å². The summed E-state index contributed by atoms with van der Waals surface area (Å²) >= 11 is 4.62. The molecule has 0 radical (unpaired) electrons. The Morgan fingerprint density at radius 3 is 2.72 bits per heavy atom. The maximum absolute atomic E-state index is 12.1. The van der Waals surface area contributed by atoms with Crippen molar-refractivity contribution in [1.29, 1.82) is 0 Å². The molecule has 0 amide bonds. The minimum Gasteiger partial charge on any atom is -0.465 e. The first-order chi connectivity index (χ1) is 8.38. The molecular formula is C10H18N2O4S2. The van der Waals surface area contributed by atoms with E-state index in [1.807, 2.05) is 0 Å². The Kier molecular flexibility index (Phi) is 5.48. The van der Waals surface area contributed by atoms with Crippen molar-refractivity contribution in [2.45, 2.75) is 32.2 Å². The van der Waals surface area contributed by atoms with Gasteiger partial charge in [0, 0.05) is 6.54 Å². The number of carbonyl (C=O) groups excluding carboxylic acids is 1. The van der Waals surface area contributed by atoms with Crippen molar-refractivity contribution in [2.75, 3.05) is 18.9 Å². The van der Waals surface area contributed by atoms with Gasteiger partial charge in [-0.3, -0.25) is 4.79 Å². The van der Waals surface area contributed by atoms with Gasteiger partial charge in [-0.25, -0.2) is 8.42 Å². The molecule has 0 saturated carbocycles. The van der Waals surface area contributed by atoms with Crippen LogP contribution in [0.5, 0.6) is 0 Å². The molecule has 8 heteroatoms. The fourth-order valence-corrected chi connectivity index (χ4v) is 3.93. The summed E-state index contributed by atoms with van der Waals surface area (Å²) in [6, 6.07) is -0.738. The molecule has 6 nitrogen and oxygen atoms in total. The molecule has 18 heavy (non-hydrogen) atoms. The van der Waals surface area contributed by atoms with Crippen LogP contribution in [-0.4, -0.2) is 48.6 Å². The lowest BCUT2D eigenvalue weighted by molar-refractivity contribution is -0.148. The monoisotopic (exact) mass is 294 g/mol. The molecule has 104 valence electrons. The summed E-state index contributed by atoms with van der Waals surface area (Å²) in [5.41, 5.74) is 5.27. The van der Waals surface area contributed by atoms with Crippen molar-refractivity contribution in [2.24, 2.45) is 5.73 Å². The zero-order valence-electron chi connectivity index (χ0n) is 10.3. The summed E-state index contributed by atoms with van der Waals surface area (Å²) in [5, 5.41) is 0. The van der Waals surface area contributed by atoms with E-state index in [2.05, 4.69) is 12.2 Å². The second kappa shape index (κ2) is 6.44. The van der Waals surface area contributed by atoms with Crippen LogP contribution in [-0.2, 0) is 19.6 Å². The Hall–Kier alpha value is -0.730. The van der Waals surface area contributed by atoms with Crippen LogP contribution in [0.1, 0.15) is 26.2 Å². The zero-order valence-corrected chi connectivity index (χ0v) is 11.9. The van der Waals surface area contributed by atoms with Crippen molar-refractivity contribution in [3.63, 3.8) is 0 Å². The molecule has 0 aliphatic carbocycles. The fraction of sp³-hybridized carbons (Fsp3) is 0.800. The van der Waals surface area contributed by atoms with Crippen LogP contribution in [0.3, 0.4) is 0 Å². The summed E-state index contributed by atoms with van der Waals surface area (Å²) < 4.78 is 30.2. The highest BCUT2D eigenvalue weighted by molar-refractivity contribution is 7.92. The molecule has 0 aromatic carbocycles. The summed E-state index contributed by atoms with van der Waals surface area (Å²) in [4.78, 5) is 11.7. The molecule has 1 rings (SSSR count). The van der Waals surface area contributed by atoms with Crippen LogP contribution >= 0.6 is 12.2 Å². The topological polar surface area (TPSA) is 89.7 Å². The number of nitrogens with two attached hydrogens (primary N) is 1. The molecule has 1 aliphatic heterocycles. The number of rotatable bonds is 5. The second-order valence-corrected chi connectivity index (χ2v) is 6.54. The number of esters is 1. The number of hydrogen-bond acceptors (Lipinski definition) is 5. The maximum atomic E-state index is 12.1. The van der Waals surface area contributed by atoms with Gasteiger partial charge in [-0.1, -0.05) is 12.2 Å². The molecule has 0 bridgehead atoms. The summed E-state index contributed by atoms with van der Waals surface area (Å²) in [6.45, 7) is 2.24. The Balaban J connectivity index is 2.88. The molecule has 0 spiro atoms. The normalized spacial score (nSPS) is 21.5. The second-order valence-electron chi connectivity index (χ2n) is 4.10. The Morgan fingerprint density at radius 1 is 1.50 bits per heavy atom. The lowest BCUT2D eigenvalue weighted by atomic mass is 10.1. The Morgan fingerprint density at radius 2 is 2.17 bits per heavy atom. The third-order valence-corrected chi connectivity index (χ3v) is 4.85. The quantitative estimate of drug-likeness (QED) is 0.568. The van der Waals surface area contributed by atoms with Crippen molar-refractivity contribution >= 4 is 33.2 Å². The summed E-state index contributed by atoms with van der Waals surface area (Å²) in [6.07, 6.45) is 2.02.